The van der Waals surface area contributed by atoms with Crippen LogP contribution in [0, 0.1) is 0 Å². The number of hydrogen-bond donors (Lipinski definition) is 0. The van der Waals surface area contributed by atoms with Crippen LogP contribution in [0.15, 0.2) is 46.9 Å². The minimum Gasteiger partial charge on any atom is -0.496 e. The molecule has 0 aromatic heterocycles. The van der Waals surface area contributed by atoms with Crippen molar-refractivity contribution in [3.8, 4) is 5.75 Å². The zero-order chi connectivity index (χ0) is 19.4. The van der Waals surface area contributed by atoms with E-state index in [4.69, 9.17) is 4.74 Å². The van der Waals surface area contributed by atoms with Crippen LogP contribution >= 0.6 is 15.9 Å². The molecule has 0 unspecified atom stereocenters. The number of hydrogen-bond acceptors (Lipinski definition) is 3. The molecule has 2 amide bonds. The summed E-state index contributed by atoms with van der Waals surface area (Å²) in [5.41, 5.74) is 2.60. The number of amides is 2. The predicted octanol–water partition coefficient (Wildman–Crippen LogP) is 3.85. The van der Waals surface area contributed by atoms with Gasteiger partial charge in [0, 0.05) is 48.7 Å². The van der Waals surface area contributed by atoms with Gasteiger partial charge in [-0.15, -0.1) is 0 Å². The number of rotatable bonds is 6. The first-order chi connectivity index (χ1) is 13.0. The van der Waals surface area contributed by atoms with Crippen LogP contribution in [0.3, 0.4) is 0 Å². The number of likely N-dealkylation sites (tertiary alicyclic amines) is 1. The summed E-state index contributed by atoms with van der Waals surface area (Å²) in [6, 6.07) is 13.2. The van der Waals surface area contributed by atoms with E-state index >= 15 is 0 Å². The summed E-state index contributed by atoms with van der Waals surface area (Å²) in [4.78, 5) is 28.0. The lowest BCUT2D eigenvalue weighted by Crippen LogP contribution is -2.26. The maximum atomic E-state index is 12.8. The molecule has 0 aliphatic carbocycles. The summed E-state index contributed by atoms with van der Waals surface area (Å²) in [5, 5.41) is 0. The Balaban J connectivity index is 1.66. The average Bonchev–Trinajstić information content (AvgIpc) is 3.06. The van der Waals surface area contributed by atoms with Gasteiger partial charge in [0.2, 0.25) is 5.91 Å². The third-order valence-corrected chi connectivity index (χ3v) is 5.24. The zero-order valence-corrected chi connectivity index (χ0v) is 17.2. The smallest absolute Gasteiger partial charge is 0.253 e. The molecule has 6 heteroatoms. The van der Waals surface area contributed by atoms with E-state index in [1.165, 1.54) is 0 Å². The normalized spacial score (nSPS) is 13.7. The molecular weight excluding hydrogens is 408 g/mol. The van der Waals surface area contributed by atoms with E-state index in [0.717, 1.165) is 34.3 Å². The van der Waals surface area contributed by atoms with Gasteiger partial charge in [0.05, 0.1) is 7.11 Å². The highest BCUT2D eigenvalue weighted by atomic mass is 79.9. The van der Waals surface area contributed by atoms with Gasteiger partial charge < -0.3 is 14.5 Å². The van der Waals surface area contributed by atoms with Crippen molar-refractivity contribution >= 4 is 27.7 Å². The van der Waals surface area contributed by atoms with Gasteiger partial charge in [-0.25, -0.2) is 0 Å². The van der Waals surface area contributed by atoms with Gasteiger partial charge in [-0.1, -0.05) is 28.1 Å². The van der Waals surface area contributed by atoms with Gasteiger partial charge >= 0.3 is 0 Å². The first kappa shape index (κ1) is 19.4. The summed E-state index contributed by atoms with van der Waals surface area (Å²) >= 11 is 3.46. The van der Waals surface area contributed by atoms with Crippen LogP contribution in [0.25, 0.3) is 0 Å². The molecule has 1 saturated heterocycles. The fourth-order valence-electron chi connectivity index (χ4n) is 3.26. The summed E-state index contributed by atoms with van der Waals surface area (Å²) in [7, 11) is 3.40. The van der Waals surface area contributed by atoms with Crippen LogP contribution in [0.2, 0.25) is 0 Å². The van der Waals surface area contributed by atoms with Crippen LogP contribution in [0.4, 0.5) is 0 Å². The van der Waals surface area contributed by atoms with Crippen molar-refractivity contribution in [2.75, 3.05) is 20.7 Å². The van der Waals surface area contributed by atoms with E-state index in [0.29, 0.717) is 25.1 Å². The topological polar surface area (TPSA) is 49.9 Å². The second kappa shape index (κ2) is 8.57. The molecule has 0 atom stereocenters. The van der Waals surface area contributed by atoms with E-state index in [9.17, 15) is 9.59 Å². The van der Waals surface area contributed by atoms with Crippen molar-refractivity contribution in [3.05, 3.63) is 63.6 Å². The van der Waals surface area contributed by atoms with Crippen LogP contribution in [-0.2, 0) is 17.9 Å². The second-order valence-electron chi connectivity index (χ2n) is 6.73. The fourth-order valence-corrected chi connectivity index (χ4v) is 3.67. The van der Waals surface area contributed by atoms with E-state index < -0.39 is 0 Å². The first-order valence-corrected chi connectivity index (χ1v) is 9.72. The van der Waals surface area contributed by atoms with Crippen LogP contribution in [-0.4, -0.2) is 42.3 Å². The van der Waals surface area contributed by atoms with Gasteiger partial charge in [0.25, 0.3) is 5.91 Å². The summed E-state index contributed by atoms with van der Waals surface area (Å²) < 4.78 is 6.33. The summed E-state index contributed by atoms with van der Waals surface area (Å²) in [6.45, 7) is 1.88. The monoisotopic (exact) mass is 430 g/mol. The molecule has 2 aromatic rings. The Labute approximate surface area is 168 Å². The van der Waals surface area contributed by atoms with Crippen molar-refractivity contribution in [1.82, 2.24) is 9.80 Å². The summed E-state index contributed by atoms with van der Waals surface area (Å²) in [5.74, 6) is 0.905. The molecule has 5 nitrogen and oxygen atoms in total. The van der Waals surface area contributed by atoms with Crippen LogP contribution in [0.1, 0.15) is 34.3 Å². The molecule has 1 heterocycles. The van der Waals surface area contributed by atoms with Gasteiger partial charge in [-0.3, -0.25) is 9.59 Å². The highest BCUT2D eigenvalue weighted by Gasteiger charge is 2.20. The third kappa shape index (κ3) is 4.69. The second-order valence-corrected chi connectivity index (χ2v) is 7.65. The molecule has 0 spiro atoms. The fraction of sp³-hybridized carbons (Fsp3) is 0.333. The summed E-state index contributed by atoms with van der Waals surface area (Å²) in [6.07, 6.45) is 1.57. The van der Waals surface area contributed by atoms with Gasteiger partial charge in [0.15, 0.2) is 0 Å². The first-order valence-electron chi connectivity index (χ1n) is 8.92. The standard InChI is InChI=1S/C21H23BrN2O3/c1-23(14-17-12-18(22)9-10-19(17)27-2)21(26)16-7-5-15(6-8-16)13-24-11-3-4-20(24)25/h5-10,12H,3-4,11,13-14H2,1-2H3. The Morgan fingerprint density at radius 3 is 2.59 bits per heavy atom. The highest BCUT2D eigenvalue weighted by Crippen LogP contribution is 2.24. The molecule has 1 aliphatic heterocycles. The SMILES string of the molecule is COc1ccc(Br)cc1CN(C)C(=O)c1ccc(CN2CCCC2=O)cc1. The molecule has 0 N–H and O–H groups in total. The Hall–Kier alpha value is -2.34. The van der Waals surface area contributed by atoms with Crippen molar-refractivity contribution in [2.45, 2.75) is 25.9 Å². The van der Waals surface area contributed by atoms with E-state index in [2.05, 4.69) is 15.9 Å². The van der Waals surface area contributed by atoms with Crippen molar-refractivity contribution in [2.24, 2.45) is 0 Å². The molecule has 0 radical (unpaired) electrons. The molecule has 1 aliphatic rings. The highest BCUT2D eigenvalue weighted by molar-refractivity contribution is 9.10. The minimum absolute atomic E-state index is 0.0548. The number of ether oxygens (including phenoxy) is 1. The molecule has 1 fully saturated rings. The molecule has 0 bridgehead atoms. The lowest BCUT2D eigenvalue weighted by atomic mass is 10.1. The van der Waals surface area contributed by atoms with E-state index in [1.54, 1.807) is 19.1 Å². The van der Waals surface area contributed by atoms with Crippen molar-refractivity contribution in [1.29, 1.82) is 0 Å². The maximum absolute atomic E-state index is 12.8. The molecule has 3 rings (SSSR count). The van der Waals surface area contributed by atoms with Gasteiger partial charge in [-0.05, 0) is 42.3 Å². The molecule has 27 heavy (non-hydrogen) atoms. The predicted molar refractivity (Wildman–Crippen MR) is 108 cm³/mol. The molecule has 142 valence electrons. The number of nitrogens with zero attached hydrogens (tertiary/aromatic N) is 2. The van der Waals surface area contributed by atoms with E-state index in [-0.39, 0.29) is 11.8 Å². The third-order valence-electron chi connectivity index (χ3n) is 4.74. The minimum atomic E-state index is -0.0548. The average molecular weight is 431 g/mol. The number of benzene rings is 2. The number of methoxy groups -OCH3 is 1. The zero-order valence-electron chi connectivity index (χ0n) is 15.6. The number of halogens is 1. The largest absolute Gasteiger partial charge is 0.496 e. The maximum Gasteiger partial charge on any atom is 0.253 e. The van der Waals surface area contributed by atoms with Crippen molar-refractivity contribution < 1.29 is 14.3 Å². The quantitative estimate of drug-likeness (QED) is 0.698. The Bertz CT molecular complexity index is 836. The Morgan fingerprint density at radius 1 is 1.22 bits per heavy atom. The van der Waals surface area contributed by atoms with E-state index in [1.807, 2.05) is 47.4 Å². The van der Waals surface area contributed by atoms with Gasteiger partial charge in [-0.2, -0.15) is 0 Å². The van der Waals surface area contributed by atoms with Crippen molar-refractivity contribution in [3.63, 3.8) is 0 Å². The van der Waals surface area contributed by atoms with Crippen LogP contribution < -0.4 is 4.74 Å². The molecular formula is C21H23BrN2O3. The van der Waals surface area contributed by atoms with Gasteiger partial charge in [0.1, 0.15) is 5.75 Å². The molecule has 0 saturated carbocycles. The number of carbonyl (C=O) groups excluding carboxylic acids is 2. The lowest BCUT2D eigenvalue weighted by molar-refractivity contribution is -0.128. The Morgan fingerprint density at radius 2 is 1.96 bits per heavy atom. The Kier molecular flexibility index (Phi) is 6.16. The molecule has 2 aromatic carbocycles. The lowest BCUT2D eigenvalue weighted by Gasteiger charge is -2.20. The number of carbonyl (C=O) groups is 2. The van der Waals surface area contributed by atoms with Crippen LogP contribution in [0.5, 0.6) is 5.75 Å².